The highest BCUT2D eigenvalue weighted by Gasteiger charge is 2.20. The van der Waals surface area contributed by atoms with Crippen molar-refractivity contribution in [2.45, 2.75) is 0 Å². The molecule has 0 saturated carbocycles. The second-order valence-corrected chi connectivity index (χ2v) is 13.6. The monoisotopic (exact) mass is 675 g/mol. The molecule has 0 aliphatic carbocycles. The zero-order valence-corrected chi connectivity index (χ0v) is 28.5. The summed E-state index contributed by atoms with van der Waals surface area (Å²) in [4.78, 5) is 15.6. The van der Waals surface area contributed by atoms with Gasteiger partial charge in [-0.15, -0.1) is 0 Å². The highest BCUT2D eigenvalue weighted by atomic mass is 16.3. The first-order chi connectivity index (χ1) is 26.2. The SMILES string of the molecule is c1ccc(-c2nc(-c3ccc4c(ccc5c6ccccc6ccc45)c3)nc(-c3cc(-c4ccc5ccccc5c4)cc4oc5ccccc5c34)n2)cc1. The molecule has 0 N–H and O–H groups in total. The van der Waals surface area contributed by atoms with Gasteiger partial charge in [-0.2, -0.15) is 0 Å². The first-order valence-electron chi connectivity index (χ1n) is 17.8. The molecular weight excluding hydrogens is 647 g/mol. The van der Waals surface area contributed by atoms with Crippen LogP contribution >= 0.6 is 0 Å². The van der Waals surface area contributed by atoms with E-state index >= 15 is 0 Å². The molecule has 0 spiro atoms. The predicted octanol–water partition coefficient (Wildman–Crippen LogP) is 13.1. The molecule has 0 aliphatic heterocycles. The molecule has 0 radical (unpaired) electrons. The van der Waals surface area contributed by atoms with E-state index in [2.05, 4.69) is 127 Å². The van der Waals surface area contributed by atoms with Crippen molar-refractivity contribution in [2.75, 3.05) is 0 Å². The van der Waals surface area contributed by atoms with Gasteiger partial charge in [0.05, 0.1) is 0 Å². The molecule has 0 bridgehead atoms. The highest BCUT2D eigenvalue weighted by molar-refractivity contribution is 6.18. The Morgan fingerprint density at radius 1 is 0.302 bits per heavy atom. The van der Waals surface area contributed by atoms with Crippen LogP contribution in [-0.4, -0.2) is 15.0 Å². The van der Waals surface area contributed by atoms with Gasteiger partial charge in [0.1, 0.15) is 11.2 Å². The minimum atomic E-state index is 0.595. The van der Waals surface area contributed by atoms with Gasteiger partial charge in [-0.05, 0) is 84.5 Å². The molecule has 0 aliphatic rings. The maximum absolute atomic E-state index is 6.53. The average Bonchev–Trinajstić information content (AvgIpc) is 3.61. The van der Waals surface area contributed by atoms with Crippen molar-refractivity contribution in [3.8, 4) is 45.3 Å². The zero-order valence-electron chi connectivity index (χ0n) is 28.5. The Morgan fingerprint density at radius 3 is 1.74 bits per heavy atom. The Bertz CT molecular complexity index is 3240. The number of hydrogen-bond donors (Lipinski definition) is 0. The lowest BCUT2D eigenvalue weighted by atomic mass is 9.96. The van der Waals surface area contributed by atoms with Crippen molar-refractivity contribution >= 4 is 65.0 Å². The summed E-state index contributed by atoms with van der Waals surface area (Å²) >= 11 is 0. The van der Waals surface area contributed by atoms with Gasteiger partial charge in [0.25, 0.3) is 0 Å². The fourth-order valence-corrected chi connectivity index (χ4v) is 7.88. The van der Waals surface area contributed by atoms with Crippen molar-refractivity contribution in [2.24, 2.45) is 0 Å². The lowest BCUT2D eigenvalue weighted by Gasteiger charge is -2.12. The van der Waals surface area contributed by atoms with Crippen LogP contribution in [0.15, 0.2) is 180 Å². The van der Waals surface area contributed by atoms with Gasteiger partial charge < -0.3 is 4.42 Å². The molecule has 0 amide bonds. The van der Waals surface area contributed by atoms with Crippen LogP contribution < -0.4 is 0 Å². The minimum absolute atomic E-state index is 0.595. The van der Waals surface area contributed by atoms with Crippen molar-refractivity contribution in [1.29, 1.82) is 0 Å². The number of para-hydroxylation sites is 1. The van der Waals surface area contributed by atoms with E-state index in [0.29, 0.717) is 17.5 Å². The van der Waals surface area contributed by atoms with E-state index in [-0.39, 0.29) is 0 Å². The third-order valence-corrected chi connectivity index (χ3v) is 10.5. The van der Waals surface area contributed by atoms with Crippen molar-refractivity contribution in [3.05, 3.63) is 176 Å². The molecule has 0 unspecified atom stereocenters. The second kappa shape index (κ2) is 11.7. The molecule has 4 nitrogen and oxygen atoms in total. The van der Waals surface area contributed by atoms with Crippen LogP contribution in [0.3, 0.4) is 0 Å². The molecule has 11 rings (SSSR count). The first-order valence-corrected chi connectivity index (χ1v) is 17.8. The molecule has 9 aromatic carbocycles. The molecule has 0 fully saturated rings. The molecule has 0 atom stereocenters. The van der Waals surface area contributed by atoms with E-state index in [4.69, 9.17) is 19.4 Å². The molecule has 0 saturated heterocycles. The van der Waals surface area contributed by atoms with Gasteiger partial charge in [0.15, 0.2) is 17.5 Å². The summed E-state index contributed by atoms with van der Waals surface area (Å²) in [5, 5.41) is 11.7. The molecule has 2 heterocycles. The Kier molecular flexibility index (Phi) is 6.52. The quantitative estimate of drug-likeness (QED) is 0.174. The third-order valence-electron chi connectivity index (χ3n) is 10.5. The predicted molar refractivity (Wildman–Crippen MR) is 219 cm³/mol. The van der Waals surface area contributed by atoms with Crippen LogP contribution in [0.1, 0.15) is 0 Å². The lowest BCUT2D eigenvalue weighted by Crippen LogP contribution is -2.00. The van der Waals surface area contributed by atoms with Crippen molar-refractivity contribution in [1.82, 2.24) is 15.0 Å². The minimum Gasteiger partial charge on any atom is -0.456 e. The van der Waals surface area contributed by atoms with Gasteiger partial charge in [-0.3, -0.25) is 0 Å². The molecule has 246 valence electrons. The number of furan rings is 1. The van der Waals surface area contributed by atoms with Gasteiger partial charge in [-0.25, -0.2) is 15.0 Å². The second-order valence-electron chi connectivity index (χ2n) is 13.6. The van der Waals surface area contributed by atoms with Gasteiger partial charge in [0, 0.05) is 27.5 Å². The Hall–Kier alpha value is -7.17. The number of aromatic nitrogens is 3. The molecule has 53 heavy (non-hydrogen) atoms. The summed E-state index contributed by atoms with van der Waals surface area (Å²) in [6.45, 7) is 0. The summed E-state index contributed by atoms with van der Waals surface area (Å²) in [5.74, 6) is 1.83. The van der Waals surface area contributed by atoms with E-state index in [9.17, 15) is 0 Å². The fraction of sp³-hybridized carbons (Fsp3) is 0. The Labute approximate surface area is 304 Å². The largest absolute Gasteiger partial charge is 0.456 e. The molecule has 2 aromatic heterocycles. The van der Waals surface area contributed by atoms with Gasteiger partial charge in [-0.1, -0.05) is 146 Å². The Balaban J connectivity index is 1.15. The smallest absolute Gasteiger partial charge is 0.164 e. The van der Waals surface area contributed by atoms with E-state index in [0.717, 1.165) is 55.1 Å². The van der Waals surface area contributed by atoms with Crippen molar-refractivity contribution < 1.29 is 4.42 Å². The number of benzene rings is 9. The standard InChI is InChI=1S/C49H29N3O/c1-2-12-32(13-3-1)47-50-48(36-22-23-39-35(27-36)21-25-40-38-15-7-6-11-31(38)20-24-41(39)40)52-49(51-47)43-28-37(34-19-18-30-10-4-5-14-33(30)26-34)29-45-46(43)42-16-8-9-17-44(42)53-45/h1-29H. The lowest BCUT2D eigenvalue weighted by molar-refractivity contribution is 0.669. The van der Waals surface area contributed by atoms with E-state index in [1.54, 1.807) is 0 Å². The summed E-state index contributed by atoms with van der Waals surface area (Å²) in [5.41, 5.74) is 6.50. The molecule has 4 heteroatoms. The van der Waals surface area contributed by atoms with Gasteiger partial charge in [0.2, 0.25) is 0 Å². The average molecular weight is 676 g/mol. The van der Waals surface area contributed by atoms with E-state index < -0.39 is 0 Å². The number of fused-ring (bicyclic) bond motifs is 9. The summed E-state index contributed by atoms with van der Waals surface area (Å²) in [6.07, 6.45) is 0. The summed E-state index contributed by atoms with van der Waals surface area (Å²) in [7, 11) is 0. The van der Waals surface area contributed by atoms with Crippen LogP contribution in [-0.2, 0) is 0 Å². The maximum Gasteiger partial charge on any atom is 0.164 e. The van der Waals surface area contributed by atoms with E-state index in [1.807, 2.05) is 48.5 Å². The van der Waals surface area contributed by atoms with Crippen LogP contribution in [0.25, 0.3) is 110 Å². The van der Waals surface area contributed by atoms with Crippen LogP contribution in [0.5, 0.6) is 0 Å². The Morgan fingerprint density at radius 2 is 0.887 bits per heavy atom. The number of hydrogen-bond acceptors (Lipinski definition) is 4. The summed E-state index contributed by atoms with van der Waals surface area (Å²) < 4.78 is 6.53. The third kappa shape index (κ3) is 4.88. The van der Waals surface area contributed by atoms with Crippen LogP contribution in [0, 0.1) is 0 Å². The normalized spacial score (nSPS) is 11.8. The number of nitrogens with zero attached hydrogens (tertiary/aromatic N) is 3. The van der Waals surface area contributed by atoms with Crippen molar-refractivity contribution in [3.63, 3.8) is 0 Å². The first kappa shape index (κ1) is 29.5. The summed E-state index contributed by atoms with van der Waals surface area (Å²) in [6, 6.07) is 61.7. The van der Waals surface area contributed by atoms with Crippen LogP contribution in [0.2, 0.25) is 0 Å². The topological polar surface area (TPSA) is 51.8 Å². The fourth-order valence-electron chi connectivity index (χ4n) is 7.88. The maximum atomic E-state index is 6.53. The zero-order chi connectivity index (χ0) is 34.9. The molecule has 11 aromatic rings. The molecular formula is C49H29N3O. The van der Waals surface area contributed by atoms with E-state index in [1.165, 1.54) is 37.7 Å². The van der Waals surface area contributed by atoms with Crippen LogP contribution in [0.4, 0.5) is 0 Å². The highest BCUT2D eigenvalue weighted by Crippen LogP contribution is 2.41. The van der Waals surface area contributed by atoms with Gasteiger partial charge >= 0.3 is 0 Å². The number of rotatable bonds is 4.